The van der Waals surface area contributed by atoms with Gasteiger partial charge in [-0.3, -0.25) is 14.4 Å². The molecule has 1 unspecified atom stereocenters. The highest BCUT2D eigenvalue weighted by Crippen LogP contribution is 2.13. The van der Waals surface area contributed by atoms with Crippen molar-refractivity contribution in [3.05, 3.63) is 134 Å². The third-order valence-electron chi connectivity index (χ3n) is 9.38. The highest BCUT2D eigenvalue weighted by atomic mass is 16.6. The van der Waals surface area contributed by atoms with E-state index in [1.807, 2.05) is 103 Å². The second-order valence-corrected chi connectivity index (χ2v) is 15.1. The van der Waals surface area contributed by atoms with Gasteiger partial charge in [-0.15, -0.1) is 0 Å². The van der Waals surface area contributed by atoms with E-state index in [4.69, 9.17) is 14.2 Å². The van der Waals surface area contributed by atoms with Crippen LogP contribution in [-0.2, 0) is 28.6 Å². The molecule has 340 valence electrons. The highest BCUT2D eigenvalue weighted by Gasteiger charge is 2.19. The number of unbranched alkanes of at least 4 members (excludes halogenated alkanes) is 15. The van der Waals surface area contributed by atoms with Gasteiger partial charge in [0.2, 0.25) is 0 Å². The van der Waals surface area contributed by atoms with E-state index in [2.05, 4.69) is 51.2 Å². The van der Waals surface area contributed by atoms with Crippen LogP contribution in [0.2, 0.25) is 0 Å². The molecule has 0 rings (SSSR count). The van der Waals surface area contributed by atoms with Gasteiger partial charge in [0.25, 0.3) is 0 Å². The number of carbonyl (C=O) groups is 3. The lowest BCUT2D eigenvalue weighted by Gasteiger charge is -2.18. The van der Waals surface area contributed by atoms with Gasteiger partial charge in [0.1, 0.15) is 13.2 Å². The zero-order chi connectivity index (χ0) is 44.4. The molecule has 0 aliphatic rings. The van der Waals surface area contributed by atoms with Crippen LogP contribution in [0.3, 0.4) is 0 Å². The lowest BCUT2D eigenvalue weighted by Crippen LogP contribution is -2.30. The summed E-state index contributed by atoms with van der Waals surface area (Å²) in [7, 11) is 0. The third kappa shape index (κ3) is 46.5. The lowest BCUT2D eigenvalue weighted by atomic mass is 10.1. The van der Waals surface area contributed by atoms with Crippen molar-refractivity contribution in [3.63, 3.8) is 0 Å². The van der Waals surface area contributed by atoms with Gasteiger partial charge < -0.3 is 14.2 Å². The molecule has 0 aromatic rings. The summed E-state index contributed by atoms with van der Waals surface area (Å²) >= 11 is 0. The summed E-state index contributed by atoms with van der Waals surface area (Å²) in [5.74, 6) is -1.06. The van der Waals surface area contributed by atoms with Crippen LogP contribution < -0.4 is 0 Å². The second kappa shape index (κ2) is 48.2. The van der Waals surface area contributed by atoms with Crippen LogP contribution in [-0.4, -0.2) is 37.2 Å². The molecule has 0 saturated carbocycles. The Kier molecular flexibility index (Phi) is 44.7. The zero-order valence-electron chi connectivity index (χ0n) is 38.6. The van der Waals surface area contributed by atoms with Crippen molar-refractivity contribution in [2.24, 2.45) is 0 Å². The molecule has 6 heteroatoms. The normalized spacial score (nSPS) is 13.3. The maximum absolute atomic E-state index is 12.8. The van der Waals surface area contributed by atoms with Crippen LogP contribution in [0.5, 0.6) is 0 Å². The smallest absolute Gasteiger partial charge is 0.306 e. The monoisotopic (exact) mass is 841 g/mol. The Bertz CT molecular complexity index is 1380. The number of ether oxygens (including phenoxy) is 3. The molecule has 0 saturated heterocycles. The van der Waals surface area contributed by atoms with E-state index in [0.717, 1.165) is 64.2 Å². The largest absolute Gasteiger partial charge is 0.462 e. The predicted molar refractivity (Wildman–Crippen MR) is 260 cm³/mol. The Morgan fingerprint density at radius 2 is 0.672 bits per heavy atom. The minimum absolute atomic E-state index is 0.130. The number of hydrogen-bond acceptors (Lipinski definition) is 6. The van der Waals surface area contributed by atoms with E-state index in [0.29, 0.717) is 19.3 Å². The Balaban J connectivity index is 4.61. The van der Waals surface area contributed by atoms with Crippen molar-refractivity contribution in [2.75, 3.05) is 13.2 Å². The van der Waals surface area contributed by atoms with Crippen LogP contribution in [0.25, 0.3) is 0 Å². The van der Waals surface area contributed by atoms with Crippen LogP contribution >= 0.6 is 0 Å². The van der Waals surface area contributed by atoms with Crippen molar-refractivity contribution in [1.82, 2.24) is 0 Å². The summed E-state index contributed by atoms with van der Waals surface area (Å²) < 4.78 is 16.6. The Hall–Kier alpha value is -4.45. The number of allylic oxidation sites excluding steroid dienone is 22. The summed E-state index contributed by atoms with van der Waals surface area (Å²) in [6, 6.07) is 0. The Morgan fingerprint density at radius 1 is 0.344 bits per heavy atom. The van der Waals surface area contributed by atoms with Crippen molar-refractivity contribution in [3.8, 4) is 0 Å². The molecule has 0 aromatic carbocycles. The molecule has 0 bridgehead atoms. The molecule has 0 aliphatic heterocycles. The van der Waals surface area contributed by atoms with Gasteiger partial charge in [0.15, 0.2) is 6.10 Å². The number of rotatable bonds is 40. The molecule has 0 radical (unpaired) electrons. The topological polar surface area (TPSA) is 78.9 Å². The highest BCUT2D eigenvalue weighted by molar-refractivity contribution is 5.71. The number of carbonyl (C=O) groups excluding carboxylic acids is 3. The van der Waals surface area contributed by atoms with Crippen LogP contribution in [0.1, 0.15) is 175 Å². The fourth-order valence-corrected chi connectivity index (χ4v) is 5.84. The maximum atomic E-state index is 12.8. The molecule has 0 fully saturated rings. The van der Waals surface area contributed by atoms with Gasteiger partial charge >= 0.3 is 17.9 Å². The molecular weight excluding hydrogens is 757 g/mol. The molecule has 0 amide bonds. The molecule has 0 aromatic heterocycles. The van der Waals surface area contributed by atoms with Crippen molar-refractivity contribution in [1.29, 1.82) is 0 Å². The van der Waals surface area contributed by atoms with Crippen LogP contribution in [0.4, 0.5) is 0 Å². The van der Waals surface area contributed by atoms with Gasteiger partial charge in [0, 0.05) is 19.3 Å². The minimum atomic E-state index is -0.830. The van der Waals surface area contributed by atoms with E-state index < -0.39 is 6.10 Å². The quantitative estimate of drug-likeness (QED) is 0.0201. The van der Waals surface area contributed by atoms with E-state index in [9.17, 15) is 14.4 Å². The van der Waals surface area contributed by atoms with Crippen molar-refractivity contribution in [2.45, 2.75) is 181 Å². The molecule has 0 N–H and O–H groups in total. The first-order valence-electron chi connectivity index (χ1n) is 23.8. The standard InChI is InChI=1S/C55H84O6/c1-4-7-10-13-16-19-22-25-27-30-33-36-39-42-45-48-54(57)60-51-52(50-59-53(56)47-44-41-38-35-32-29-24-21-18-15-12-9-6-3)61-55(58)49-46-43-40-37-34-31-28-26-23-20-17-14-11-8-5-2/h7,9-10,12-13,15-16,18-25,27,29-30,32-33,35,38,52H,4-6,8,11,14,17,26,28,31,34,36-37,39-51H2,1-3H3/b10-7+,12-9+,16-13+,18-15+,22-19+,23-20+,24-21+,27-25+,32-29+,33-30+,38-35+. The molecule has 0 spiro atoms. The van der Waals surface area contributed by atoms with E-state index in [1.54, 1.807) is 0 Å². The van der Waals surface area contributed by atoms with E-state index >= 15 is 0 Å². The zero-order valence-corrected chi connectivity index (χ0v) is 38.6. The van der Waals surface area contributed by atoms with Gasteiger partial charge in [0.05, 0.1) is 0 Å². The first-order chi connectivity index (χ1) is 30.0. The first-order valence-corrected chi connectivity index (χ1v) is 23.8. The molecule has 61 heavy (non-hydrogen) atoms. The molecular formula is C55H84O6. The molecule has 0 aliphatic carbocycles. The maximum Gasteiger partial charge on any atom is 0.306 e. The van der Waals surface area contributed by atoms with Crippen LogP contribution in [0.15, 0.2) is 134 Å². The predicted octanol–water partition coefficient (Wildman–Crippen LogP) is 15.5. The number of esters is 3. The average molecular weight is 841 g/mol. The minimum Gasteiger partial charge on any atom is -0.462 e. The SMILES string of the molecule is CC/C=C/C=C/C=C/C=C/C=C/CCCCCC(=O)OCC(COC(=O)CCC/C=C/C=C/C=C/C=C/C=C/CC)OC(=O)CCCCCCCCC/C=C/CCCCCC. The second-order valence-electron chi connectivity index (χ2n) is 15.1. The average Bonchev–Trinajstić information content (AvgIpc) is 3.26. The lowest BCUT2D eigenvalue weighted by molar-refractivity contribution is -0.167. The summed E-state index contributed by atoms with van der Waals surface area (Å²) in [6.07, 6.45) is 67.2. The summed E-state index contributed by atoms with van der Waals surface area (Å²) in [5.41, 5.74) is 0. The van der Waals surface area contributed by atoms with E-state index in [-0.39, 0.29) is 37.5 Å². The fraction of sp³-hybridized carbons (Fsp3) is 0.545. The van der Waals surface area contributed by atoms with Crippen molar-refractivity contribution < 1.29 is 28.6 Å². The molecule has 1 atom stereocenters. The van der Waals surface area contributed by atoms with Crippen molar-refractivity contribution >= 4 is 17.9 Å². The molecule has 6 nitrogen and oxygen atoms in total. The van der Waals surface area contributed by atoms with Gasteiger partial charge in [-0.05, 0) is 77.0 Å². The summed E-state index contributed by atoms with van der Waals surface area (Å²) in [6.45, 7) is 6.20. The molecule has 0 heterocycles. The Labute approximate surface area is 373 Å². The van der Waals surface area contributed by atoms with Gasteiger partial charge in [-0.2, -0.15) is 0 Å². The Morgan fingerprint density at radius 3 is 1.13 bits per heavy atom. The van der Waals surface area contributed by atoms with Crippen LogP contribution in [0, 0.1) is 0 Å². The van der Waals surface area contributed by atoms with Gasteiger partial charge in [-0.25, -0.2) is 0 Å². The van der Waals surface area contributed by atoms with Gasteiger partial charge in [-0.1, -0.05) is 212 Å². The fourth-order valence-electron chi connectivity index (χ4n) is 5.84. The number of hydrogen-bond donors (Lipinski definition) is 0. The third-order valence-corrected chi connectivity index (χ3v) is 9.38. The summed E-state index contributed by atoms with van der Waals surface area (Å²) in [5, 5.41) is 0. The van der Waals surface area contributed by atoms with E-state index in [1.165, 1.54) is 64.2 Å². The first kappa shape index (κ1) is 56.5. The summed E-state index contributed by atoms with van der Waals surface area (Å²) in [4.78, 5) is 37.8.